The van der Waals surface area contributed by atoms with Gasteiger partial charge in [-0.3, -0.25) is 4.90 Å². The first kappa shape index (κ1) is 12.1. The van der Waals surface area contributed by atoms with Crippen molar-refractivity contribution in [2.45, 2.75) is 5.92 Å². The van der Waals surface area contributed by atoms with Crippen LogP contribution in [0.15, 0.2) is 48.5 Å². The fourth-order valence-corrected chi connectivity index (χ4v) is 3.50. The van der Waals surface area contributed by atoms with Crippen molar-refractivity contribution in [2.24, 2.45) is 0 Å². The van der Waals surface area contributed by atoms with Gasteiger partial charge >= 0.3 is 0 Å². The van der Waals surface area contributed by atoms with E-state index in [0.29, 0.717) is 5.92 Å². The molecule has 0 saturated carbocycles. The maximum atomic E-state index is 5.46. The summed E-state index contributed by atoms with van der Waals surface area (Å²) in [7, 11) is 0. The summed E-state index contributed by atoms with van der Waals surface area (Å²) in [5, 5.41) is 0. The second-order valence-corrected chi connectivity index (χ2v) is 5.64. The summed E-state index contributed by atoms with van der Waals surface area (Å²) in [5.74, 6) is 0.514. The van der Waals surface area contributed by atoms with E-state index in [1.165, 1.54) is 22.3 Å². The van der Waals surface area contributed by atoms with Gasteiger partial charge in [0.1, 0.15) is 0 Å². The molecule has 0 amide bonds. The number of rotatable bonds is 2. The Morgan fingerprint density at radius 3 is 2.00 bits per heavy atom. The summed E-state index contributed by atoms with van der Waals surface area (Å²) < 4.78 is 5.46. The summed E-state index contributed by atoms with van der Waals surface area (Å²) in [6.45, 7) is 4.96. The molecule has 1 heterocycles. The van der Waals surface area contributed by atoms with E-state index in [-0.39, 0.29) is 0 Å². The zero-order valence-electron chi connectivity index (χ0n) is 11.6. The summed E-state index contributed by atoms with van der Waals surface area (Å²) in [4.78, 5) is 2.53. The first-order chi connectivity index (χ1) is 9.93. The highest BCUT2D eigenvalue weighted by molar-refractivity contribution is 5.78. The smallest absolute Gasteiger partial charge is 0.0594 e. The maximum Gasteiger partial charge on any atom is 0.0594 e. The molecule has 0 aromatic heterocycles. The van der Waals surface area contributed by atoms with Gasteiger partial charge in [-0.1, -0.05) is 48.5 Å². The second kappa shape index (κ2) is 5.04. The van der Waals surface area contributed by atoms with E-state index in [9.17, 15) is 0 Å². The Hall–Kier alpha value is -1.64. The van der Waals surface area contributed by atoms with Crippen molar-refractivity contribution in [3.8, 4) is 11.1 Å². The summed E-state index contributed by atoms with van der Waals surface area (Å²) in [6, 6.07) is 17.7. The van der Waals surface area contributed by atoms with Crippen molar-refractivity contribution >= 4 is 0 Å². The molecule has 0 N–H and O–H groups in total. The van der Waals surface area contributed by atoms with E-state index < -0.39 is 0 Å². The van der Waals surface area contributed by atoms with E-state index in [4.69, 9.17) is 4.74 Å². The average Bonchev–Trinajstić information content (AvgIpc) is 2.84. The molecule has 1 fully saturated rings. The molecule has 1 aliphatic heterocycles. The minimum absolute atomic E-state index is 0.514. The third-order valence-electron chi connectivity index (χ3n) is 4.51. The topological polar surface area (TPSA) is 12.5 Å². The maximum absolute atomic E-state index is 5.46. The lowest BCUT2D eigenvalue weighted by Crippen LogP contribution is -2.38. The third kappa shape index (κ3) is 1.96. The first-order valence-corrected chi connectivity index (χ1v) is 7.42. The molecule has 20 heavy (non-hydrogen) atoms. The zero-order chi connectivity index (χ0) is 13.4. The van der Waals surface area contributed by atoms with Gasteiger partial charge in [0, 0.05) is 25.6 Å². The number of morpholine rings is 1. The number of nitrogens with zero attached hydrogens (tertiary/aromatic N) is 1. The lowest BCUT2D eigenvalue weighted by molar-refractivity contribution is 0.0366. The van der Waals surface area contributed by atoms with E-state index >= 15 is 0 Å². The van der Waals surface area contributed by atoms with Gasteiger partial charge in [-0.05, 0) is 22.3 Å². The molecular weight excluding hydrogens is 246 g/mol. The Kier molecular flexibility index (Phi) is 3.06. The van der Waals surface area contributed by atoms with E-state index in [1.807, 2.05) is 0 Å². The molecule has 4 rings (SSSR count). The SMILES string of the molecule is c1ccc2c(c1)-c1ccccc1C2CN1CCOCC1. The van der Waals surface area contributed by atoms with Crippen molar-refractivity contribution in [3.63, 3.8) is 0 Å². The average molecular weight is 265 g/mol. The zero-order valence-corrected chi connectivity index (χ0v) is 11.6. The number of ether oxygens (including phenoxy) is 1. The van der Waals surface area contributed by atoms with Gasteiger partial charge in [-0.2, -0.15) is 0 Å². The molecule has 102 valence electrons. The van der Waals surface area contributed by atoms with Crippen LogP contribution in [-0.4, -0.2) is 37.7 Å². The Morgan fingerprint density at radius 1 is 0.850 bits per heavy atom. The summed E-state index contributed by atoms with van der Waals surface area (Å²) >= 11 is 0. The van der Waals surface area contributed by atoms with Crippen molar-refractivity contribution < 1.29 is 4.74 Å². The quantitative estimate of drug-likeness (QED) is 0.827. The lowest BCUT2D eigenvalue weighted by atomic mass is 9.96. The molecule has 0 spiro atoms. The lowest BCUT2D eigenvalue weighted by Gasteiger charge is -2.29. The highest BCUT2D eigenvalue weighted by Crippen LogP contribution is 2.44. The summed E-state index contributed by atoms with van der Waals surface area (Å²) in [5.41, 5.74) is 5.81. The Labute approximate surface area is 120 Å². The van der Waals surface area contributed by atoms with Crippen molar-refractivity contribution in [1.82, 2.24) is 4.90 Å². The largest absolute Gasteiger partial charge is 0.379 e. The van der Waals surface area contributed by atoms with Gasteiger partial charge in [0.2, 0.25) is 0 Å². The number of hydrogen-bond acceptors (Lipinski definition) is 2. The van der Waals surface area contributed by atoms with Crippen LogP contribution < -0.4 is 0 Å². The predicted molar refractivity (Wildman–Crippen MR) is 81.0 cm³/mol. The van der Waals surface area contributed by atoms with Crippen LogP contribution in [0.4, 0.5) is 0 Å². The summed E-state index contributed by atoms with van der Waals surface area (Å²) in [6.07, 6.45) is 0. The van der Waals surface area contributed by atoms with Gasteiger partial charge < -0.3 is 4.74 Å². The van der Waals surface area contributed by atoms with Crippen LogP contribution in [0, 0.1) is 0 Å². The molecule has 2 nitrogen and oxygen atoms in total. The van der Waals surface area contributed by atoms with Gasteiger partial charge in [-0.15, -0.1) is 0 Å². The molecular formula is C18H19NO. The van der Waals surface area contributed by atoms with Gasteiger partial charge in [0.25, 0.3) is 0 Å². The molecule has 1 aliphatic carbocycles. The minimum Gasteiger partial charge on any atom is -0.379 e. The molecule has 2 heteroatoms. The number of hydrogen-bond donors (Lipinski definition) is 0. The van der Waals surface area contributed by atoms with Crippen molar-refractivity contribution in [2.75, 3.05) is 32.8 Å². The monoisotopic (exact) mass is 265 g/mol. The van der Waals surface area contributed by atoms with E-state index in [1.54, 1.807) is 0 Å². The van der Waals surface area contributed by atoms with Gasteiger partial charge in [0.05, 0.1) is 13.2 Å². The molecule has 2 aromatic carbocycles. The predicted octanol–water partition coefficient (Wildman–Crippen LogP) is 3.13. The van der Waals surface area contributed by atoms with E-state index in [2.05, 4.69) is 53.4 Å². The van der Waals surface area contributed by atoms with Crippen LogP contribution in [0.1, 0.15) is 17.0 Å². The van der Waals surface area contributed by atoms with E-state index in [0.717, 1.165) is 32.8 Å². The van der Waals surface area contributed by atoms with Crippen LogP contribution >= 0.6 is 0 Å². The molecule has 1 saturated heterocycles. The Morgan fingerprint density at radius 2 is 1.40 bits per heavy atom. The van der Waals surface area contributed by atoms with Gasteiger partial charge in [-0.25, -0.2) is 0 Å². The molecule has 0 unspecified atom stereocenters. The molecule has 2 aromatic rings. The normalized spacial score (nSPS) is 18.8. The Bertz CT molecular complexity index is 571. The van der Waals surface area contributed by atoms with Gasteiger partial charge in [0.15, 0.2) is 0 Å². The molecule has 2 aliphatic rings. The van der Waals surface area contributed by atoms with Crippen LogP contribution in [0.3, 0.4) is 0 Å². The number of benzene rings is 2. The highest BCUT2D eigenvalue weighted by Gasteiger charge is 2.29. The van der Waals surface area contributed by atoms with Crippen LogP contribution in [0.25, 0.3) is 11.1 Å². The minimum atomic E-state index is 0.514. The fraction of sp³-hybridized carbons (Fsp3) is 0.333. The standard InChI is InChI=1S/C18H19NO/c1-3-7-16-14(5-1)15-6-2-4-8-17(15)18(16)13-19-9-11-20-12-10-19/h1-8,18H,9-13H2. The van der Waals surface area contributed by atoms with Crippen molar-refractivity contribution in [1.29, 1.82) is 0 Å². The third-order valence-corrected chi connectivity index (χ3v) is 4.51. The molecule has 0 bridgehead atoms. The fourth-order valence-electron chi connectivity index (χ4n) is 3.50. The Balaban J connectivity index is 1.71. The van der Waals surface area contributed by atoms with Crippen LogP contribution in [-0.2, 0) is 4.74 Å². The van der Waals surface area contributed by atoms with Crippen LogP contribution in [0.2, 0.25) is 0 Å². The van der Waals surface area contributed by atoms with Crippen molar-refractivity contribution in [3.05, 3.63) is 59.7 Å². The van der Waals surface area contributed by atoms with Crippen LogP contribution in [0.5, 0.6) is 0 Å². The first-order valence-electron chi connectivity index (χ1n) is 7.42. The molecule has 0 radical (unpaired) electrons. The highest BCUT2D eigenvalue weighted by atomic mass is 16.5. The number of fused-ring (bicyclic) bond motifs is 3. The second-order valence-electron chi connectivity index (χ2n) is 5.64. The molecule has 0 atom stereocenters.